The van der Waals surface area contributed by atoms with Crippen molar-refractivity contribution >= 4 is 23.2 Å². The molecule has 0 atom stereocenters. The molecule has 2 aromatic rings. The van der Waals surface area contributed by atoms with E-state index in [1.54, 1.807) is 25.2 Å². The third kappa shape index (κ3) is 2.60. The van der Waals surface area contributed by atoms with Crippen LogP contribution in [0.5, 0.6) is 5.75 Å². The van der Waals surface area contributed by atoms with Gasteiger partial charge in [-0.05, 0) is 18.2 Å². The first-order valence-corrected chi connectivity index (χ1v) is 5.49. The summed E-state index contributed by atoms with van der Waals surface area (Å²) in [6.45, 7) is 0. The average molecular weight is 267 g/mol. The molecule has 2 rings (SSSR count). The first-order chi connectivity index (χ1) is 8.60. The van der Waals surface area contributed by atoms with Crippen molar-refractivity contribution in [2.45, 2.75) is 0 Å². The maximum Gasteiger partial charge on any atom is 0.277 e. The number of carbonyl (C=O) groups is 1. The summed E-state index contributed by atoms with van der Waals surface area (Å²) in [7, 11) is 3.20. The van der Waals surface area contributed by atoms with Crippen LogP contribution in [0.1, 0.15) is 10.5 Å². The quantitative estimate of drug-likeness (QED) is 0.919. The molecule has 94 valence electrons. The minimum absolute atomic E-state index is 0.222. The minimum atomic E-state index is -0.372. The van der Waals surface area contributed by atoms with Gasteiger partial charge < -0.3 is 10.1 Å². The number of hydrogen-bond donors (Lipinski definition) is 1. The van der Waals surface area contributed by atoms with E-state index in [1.165, 1.54) is 18.0 Å². The fourth-order valence-corrected chi connectivity index (χ4v) is 1.59. The van der Waals surface area contributed by atoms with Crippen LogP contribution in [0.3, 0.4) is 0 Å². The number of methoxy groups -OCH3 is 1. The van der Waals surface area contributed by atoms with Crippen LogP contribution < -0.4 is 10.1 Å². The van der Waals surface area contributed by atoms with Gasteiger partial charge in [-0.25, -0.2) is 0 Å². The number of halogens is 1. The summed E-state index contributed by atoms with van der Waals surface area (Å²) in [5, 5.41) is 10.6. The van der Waals surface area contributed by atoms with Crippen molar-refractivity contribution in [2.24, 2.45) is 7.05 Å². The topological polar surface area (TPSA) is 69.0 Å². The van der Waals surface area contributed by atoms with E-state index in [4.69, 9.17) is 16.3 Å². The van der Waals surface area contributed by atoms with Crippen LogP contribution in [0.15, 0.2) is 24.4 Å². The second kappa shape index (κ2) is 5.05. The molecule has 0 unspecified atom stereocenters. The molecule has 0 saturated carbocycles. The highest BCUT2D eigenvalue weighted by molar-refractivity contribution is 6.31. The molecule has 0 radical (unpaired) electrons. The first kappa shape index (κ1) is 12.4. The van der Waals surface area contributed by atoms with Crippen LogP contribution >= 0.6 is 11.6 Å². The van der Waals surface area contributed by atoms with Crippen molar-refractivity contribution < 1.29 is 9.53 Å². The zero-order valence-corrected chi connectivity index (χ0v) is 10.6. The van der Waals surface area contributed by atoms with E-state index < -0.39 is 0 Å². The Morgan fingerprint density at radius 2 is 2.28 bits per heavy atom. The second-order valence-corrected chi connectivity index (χ2v) is 4.01. The maximum atomic E-state index is 11.9. The smallest absolute Gasteiger partial charge is 0.277 e. The number of benzene rings is 1. The number of carbonyl (C=O) groups excluding carboxylic acids is 1. The number of aromatic nitrogens is 3. The second-order valence-electron chi connectivity index (χ2n) is 3.58. The molecule has 1 aromatic heterocycles. The van der Waals surface area contributed by atoms with Gasteiger partial charge in [-0.2, -0.15) is 0 Å². The van der Waals surface area contributed by atoms with E-state index in [0.29, 0.717) is 16.5 Å². The van der Waals surface area contributed by atoms with Crippen molar-refractivity contribution in [3.05, 3.63) is 35.1 Å². The zero-order valence-electron chi connectivity index (χ0n) is 9.85. The Morgan fingerprint density at radius 1 is 1.50 bits per heavy atom. The van der Waals surface area contributed by atoms with Gasteiger partial charge in [0.1, 0.15) is 5.75 Å². The number of anilines is 1. The van der Waals surface area contributed by atoms with Gasteiger partial charge in [0.15, 0.2) is 5.69 Å². The Kier molecular flexibility index (Phi) is 3.47. The number of amides is 1. The molecule has 0 aliphatic rings. The van der Waals surface area contributed by atoms with E-state index >= 15 is 0 Å². The molecule has 18 heavy (non-hydrogen) atoms. The lowest BCUT2D eigenvalue weighted by molar-refractivity contribution is 0.102. The van der Waals surface area contributed by atoms with Crippen LogP contribution in [0.4, 0.5) is 5.69 Å². The Labute approximate surface area is 109 Å². The van der Waals surface area contributed by atoms with Gasteiger partial charge in [0.2, 0.25) is 0 Å². The summed E-state index contributed by atoms with van der Waals surface area (Å²) in [6, 6.07) is 4.96. The molecule has 0 aliphatic carbocycles. The van der Waals surface area contributed by atoms with Crippen LogP contribution in [0.2, 0.25) is 5.02 Å². The van der Waals surface area contributed by atoms with E-state index in [-0.39, 0.29) is 11.6 Å². The van der Waals surface area contributed by atoms with E-state index in [9.17, 15) is 4.79 Å². The third-order valence-corrected chi connectivity index (χ3v) is 2.48. The van der Waals surface area contributed by atoms with Gasteiger partial charge >= 0.3 is 0 Å². The van der Waals surface area contributed by atoms with Gasteiger partial charge in [-0.1, -0.05) is 16.8 Å². The van der Waals surface area contributed by atoms with Gasteiger partial charge in [0, 0.05) is 12.1 Å². The van der Waals surface area contributed by atoms with Gasteiger partial charge in [0.25, 0.3) is 5.91 Å². The summed E-state index contributed by atoms with van der Waals surface area (Å²) < 4.78 is 6.58. The first-order valence-electron chi connectivity index (χ1n) is 5.11. The Bertz CT molecular complexity index is 582. The molecular formula is C11H11ClN4O2. The lowest BCUT2D eigenvalue weighted by Gasteiger charge is -2.09. The number of nitrogens with zero attached hydrogens (tertiary/aromatic N) is 3. The van der Waals surface area contributed by atoms with Crippen molar-refractivity contribution in [2.75, 3.05) is 12.4 Å². The molecule has 7 heteroatoms. The van der Waals surface area contributed by atoms with Crippen LogP contribution in [0, 0.1) is 0 Å². The molecule has 6 nitrogen and oxygen atoms in total. The predicted molar refractivity (Wildman–Crippen MR) is 67.0 cm³/mol. The molecule has 0 aliphatic heterocycles. The lowest BCUT2D eigenvalue weighted by atomic mass is 10.3. The molecule has 0 fully saturated rings. The number of nitrogens with one attached hydrogen (secondary N) is 1. The fourth-order valence-electron chi connectivity index (χ4n) is 1.42. The number of rotatable bonds is 3. The molecule has 1 heterocycles. The summed E-state index contributed by atoms with van der Waals surface area (Å²) in [5.74, 6) is 0.153. The SMILES string of the molecule is COc1ccc(Cl)cc1NC(=O)c1cn(C)nn1. The normalized spacial score (nSPS) is 10.2. The van der Waals surface area contributed by atoms with E-state index in [0.717, 1.165) is 0 Å². The molecule has 1 N–H and O–H groups in total. The van der Waals surface area contributed by atoms with Crippen molar-refractivity contribution in [1.29, 1.82) is 0 Å². The monoisotopic (exact) mass is 266 g/mol. The standard InChI is InChI=1S/C11H11ClN4O2/c1-16-6-9(14-15-16)11(17)13-8-5-7(12)3-4-10(8)18-2/h3-6H,1-2H3,(H,13,17). The highest BCUT2D eigenvalue weighted by atomic mass is 35.5. The van der Waals surface area contributed by atoms with Crippen LogP contribution in [0.25, 0.3) is 0 Å². The molecule has 1 amide bonds. The zero-order chi connectivity index (χ0) is 13.1. The highest BCUT2D eigenvalue weighted by Crippen LogP contribution is 2.27. The lowest BCUT2D eigenvalue weighted by Crippen LogP contribution is -2.13. The molecule has 0 spiro atoms. The summed E-state index contributed by atoms with van der Waals surface area (Å²) in [6.07, 6.45) is 1.52. The fraction of sp³-hybridized carbons (Fsp3) is 0.182. The van der Waals surface area contributed by atoms with Crippen molar-refractivity contribution in [3.63, 3.8) is 0 Å². The van der Waals surface area contributed by atoms with Crippen LogP contribution in [-0.2, 0) is 7.05 Å². The Morgan fingerprint density at radius 3 is 2.89 bits per heavy atom. The molecule has 0 saturated heterocycles. The van der Waals surface area contributed by atoms with Gasteiger partial charge in [-0.3, -0.25) is 9.48 Å². The average Bonchev–Trinajstić information content (AvgIpc) is 2.76. The summed E-state index contributed by atoms with van der Waals surface area (Å²) >= 11 is 5.87. The van der Waals surface area contributed by atoms with Gasteiger partial charge in [0.05, 0.1) is 19.0 Å². The van der Waals surface area contributed by atoms with Gasteiger partial charge in [-0.15, -0.1) is 5.10 Å². The van der Waals surface area contributed by atoms with Crippen molar-refractivity contribution in [1.82, 2.24) is 15.0 Å². The van der Waals surface area contributed by atoms with Crippen LogP contribution in [-0.4, -0.2) is 28.0 Å². The third-order valence-electron chi connectivity index (χ3n) is 2.25. The van der Waals surface area contributed by atoms with E-state index in [1.807, 2.05) is 0 Å². The highest BCUT2D eigenvalue weighted by Gasteiger charge is 2.13. The molecular weight excluding hydrogens is 256 g/mol. The minimum Gasteiger partial charge on any atom is -0.495 e. The van der Waals surface area contributed by atoms with E-state index in [2.05, 4.69) is 15.6 Å². The van der Waals surface area contributed by atoms with Crippen molar-refractivity contribution in [3.8, 4) is 5.75 Å². The number of aryl methyl sites for hydroxylation is 1. The molecule has 1 aromatic carbocycles. The predicted octanol–water partition coefficient (Wildman–Crippen LogP) is 1.73. The number of hydrogen-bond acceptors (Lipinski definition) is 4. The largest absolute Gasteiger partial charge is 0.495 e. The maximum absolute atomic E-state index is 11.9. The molecule has 0 bridgehead atoms. The summed E-state index contributed by atoms with van der Waals surface area (Å²) in [4.78, 5) is 11.9. The Hall–Kier alpha value is -2.08. The number of ether oxygens (including phenoxy) is 1. The summed E-state index contributed by atoms with van der Waals surface area (Å²) in [5.41, 5.74) is 0.709. The Balaban J connectivity index is 2.23.